The minimum absolute atomic E-state index is 0.0697. The number of amides is 1. The SMILES string of the molecule is CC[C@H](Sc1ccc(Cl)cc1)C(=O)NCc1ccc(N(CC)CC)cc1. The molecule has 140 valence electrons. The highest BCUT2D eigenvalue weighted by molar-refractivity contribution is 8.00. The Hall–Kier alpha value is -1.65. The first kappa shape index (κ1) is 20.7. The molecule has 1 atom stereocenters. The van der Waals surface area contributed by atoms with Gasteiger partial charge >= 0.3 is 0 Å². The molecule has 5 heteroatoms. The molecule has 1 amide bonds. The van der Waals surface area contributed by atoms with Crippen LogP contribution in [-0.2, 0) is 11.3 Å². The number of carbonyl (C=O) groups is 1. The summed E-state index contributed by atoms with van der Waals surface area (Å²) in [5.74, 6) is 0.0697. The third-order valence-corrected chi connectivity index (χ3v) is 5.92. The molecule has 26 heavy (non-hydrogen) atoms. The van der Waals surface area contributed by atoms with Crippen LogP contribution in [-0.4, -0.2) is 24.2 Å². The molecule has 3 nitrogen and oxygen atoms in total. The summed E-state index contributed by atoms with van der Waals surface area (Å²) >= 11 is 7.50. The van der Waals surface area contributed by atoms with Crippen molar-refractivity contribution in [1.82, 2.24) is 5.32 Å². The number of nitrogens with one attached hydrogen (secondary N) is 1. The molecule has 0 aliphatic heterocycles. The fourth-order valence-corrected chi connectivity index (χ4v) is 3.82. The first-order valence-corrected chi connectivity index (χ1v) is 10.4. The van der Waals surface area contributed by atoms with Crippen LogP contribution in [0.2, 0.25) is 5.02 Å². The molecule has 0 aliphatic carbocycles. The molecule has 2 aromatic rings. The van der Waals surface area contributed by atoms with Gasteiger partial charge in [-0.1, -0.05) is 30.7 Å². The molecule has 0 radical (unpaired) electrons. The van der Waals surface area contributed by atoms with Crippen molar-refractivity contribution in [2.24, 2.45) is 0 Å². The molecule has 0 heterocycles. The molecule has 0 saturated carbocycles. The minimum Gasteiger partial charge on any atom is -0.372 e. The van der Waals surface area contributed by atoms with Crippen LogP contribution in [0.3, 0.4) is 0 Å². The van der Waals surface area contributed by atoms with Crippen LogP contribution in [0.15, 0.2) is 53.4 Å². The van der Waals surface area contributed by atoms with Crippen LogP contribution in [0, 0.1) is 0 Å². The van der Waals surface area contributed by atoms with Gasteiger partial charge in [0, 0.05) is 35.2 Å². The second kappa shape index (κ2) is 10.5. The molecule has 1 N–H and O–H groups in total. The predicted octanol–water partition coefficient (Wildman–Crippen LogP) is 5.37. The van der Waals surface area contributed by atoms with E-state index in [-0.39, 0.29) is 11.2 Å². The number of benzene rings is 2. The largest absolute Gasteiger partial charge is 0.372 e. The molecule has 2 rings (SSSR count). The minimum atomic E-state index is -0.105. The Labute approximate surface area is 166 Å². The summed E-state index contributed by atoms with van der Waals surface area (Å²) in [6.45, 7) is 8.88. The van der Waals surface area contributed by atoms with Crippen LogP contribution in [0.25, 0.3) is 0 Å². The van der Waals surface area contributed by atoms with Gasteiger partial charge in [-0.3, -0.25) is 4.79 Å². The van der Waals surface area contributed by atoms with Crippen molar-refractivity contribution in [3.05, 3.63) is 59.1 Å². The van der Waals surface area contributed by atoms with E-state index in [1.54, 1.807) is 11.8 Å². The number of thioether (sulfide) groups is 1. The Kier molecular flexibility index (Phi) is 8.33. The number of carbonyl (C=O) groups excluding carboxylic acids is 1. The van der Waals surface area contributed by atoms with Crippen LogP contribution >= 0.6 is 23.4 Å². The summed E-state index contributed by atoms with van der Waals surface area (Å²) in [5.41, 5.74) is 2.33. The normalized spacial score (nSPS) is 11.8. The zero-order chi connectivity index (χ0) is 18.9. The summed E-state index contributed by atoms with van der Waals surface area (Å²) in [5, 5.41) is 3.66. The predicted molar refractivity (Wildman–Crippen MR) is 113 cm³/mol. The second-order valence-electron chi connectivity index (χ2n) is 6.03. The summed E-state index contributed by atoms with van der Waals surface area (Å²) in [6, 6.07) is 16.0. The maximum Gasteiger partial charge on any atom is 0.233 e. The third kappa shape index (κ3) is 5.96. The molecule has 0 aromatic heterocycles. The van der Waals surface area contributed by atoms with Gasteiger partial charge in [-0.2, -0.15) is 0 Å². The Morgan fingerprint density at radius 3 is 2.19 bits per heavy atom. The molecule has 0 fully saturated rings. The number of rotatable bonds is 9. The van der Waals surface area contributed by atoms with Crippen LogP contribution in [0.4, 0.5) is 5.69 Å². The highest BCUT2D eigenvalue weighted by atomic mass is 35.5. The van der Waals surface area contributed by atoms with E-state index in [1.165, 1.54) is 5.69 Å². The van der Waals surface area contributed by atoms with Crippen LogP contribution < -0.4 is 10.2 Å². The van der Waals surface area contributed by atoms with E-state index in [4.69, 9.17) is 11.6 Å². The fraction of sp³-hybridized carbons (Fsp3) is 0.381. The smallest absolute Gasteiger partial charge is 0.233 e. The first-order chi connectivity index (χ1) is 12.6. The van der Waals surface area contributed by atoms with Gasteiger partial charge in [-0.05, 0) is 62.2 Å². The molecular formula is C21H27ClN2OS. The van der Waals surface area contributed by atoms with Gasteiger partial charge in [-0.25, -0.2) is 0 Å². The topological polar surface area (TPSA) is 32.3 Å². The van der Waals surface area contributed by atoms with Crippen LogP contribution in [0.1, 0.15) is 32.8 Å². The van der Waals surface area contributed by atoms with E-state index >= 15 is 0 Å². The van der Waals surface area contributed by atoms with Gasteiger partial charge in [0.25, 0.3) is 0 Å². The Bertz CT molecular complexity index is 684. The summed E-state index contributed by atoms with van der Waals surface area (Å²) in [7, 11) is 0. The molecule has 2 aromatic carbocycles. The standard InChI is InChI=1S/C21H27ClN2OS/c1-4-20(26-19-13-9-17(22)10-14-19)21(25)23-15-16-7-11-18(12-8-16)24(5-2)6-3/h7-14,20H,4-6,15H2,1-3H3,(H,23,25)/t20-/m0/s1. The molecule has 0 unspecified atom stereocenters. The third-order valence-electron chi connectivity index (χ3n) is 4.29. The lowest BCUT2D eigenvalue weighted by molar-refractivity contribution is -0.120. The van der Waals surface area contributed by atoms with Gasteiger partial charge in [-0.15, -0.1) is 11.8 Å². The quantitative estimate of drug-likeness (QED) is 0.584. The van der Waals surface area contributed by atoms with E-state index in [2.05, 4.69) is 48.3 Å². The van der Waals surface area contributed by atoms with Crippen molar-refractivity contribution in [2.75, 3.05) is 18.0 Å². The molecule has 0 spiro atoms. The van der Waals surface area contributed by atoms with Crippen molar-refractivity contribution >= 4 is 35.0 Å². The lowest BCUT2D eigenvalue weighted by Gasteiger charge is -2.21. The van der Waals surface area contributed by atoms with Crippen molar-refractivity contribution in [2.45, 2.75) is 43.9 Å². The van der Waals surface area contributed by atoms with E-state index in [0.717, 1.165) is 30.0 Å². The van der Waals surface area contributed by atoms with Gasteiger partial charge in [0.05, 0.1) is 5.25 Å². The Morgan fingerprint density at radius 1 is 1.04 bits per heavy atom. The average molecular weight is 391 g/mol. The number of hydrogen-bond donors (Lipinski definition) is 1. The van der Waals surface area contributed by atoms with Crippen molar-refractivity contribution in [3.63, 3.8) is 0 Å². The van der Waals surface area contributed by atoms with E-state index < -0.39 is 0 Å². The molecular weight excluding hydrogens is 364 g/mol. The number of anilines is 1. The van der Waals surface area contributed by atoms with Gasteiger partial charge in [0.15, 0.2) is 0 Å². The molecule has 0 aliphatic rings. The zero-order valence-electron chi connectivity index (χ0n) is 15.7. The first-order valence-electron chi connectivity index (χ1n) is 9.11. The number of nitrogens with zero attached hydrogens (tertiary/aromatic N) is 1. The lowest BCUT2D eigenvalue weighted by Crippen LogP contribution is -2.31. The van der Waals surface area contributed by atoms with Crippen LogP contribution in [0.5, 0.6) is 0 Å². The monoisotopic (exact) mass is 390 g/mol. The maximum absolute atomic E-state index is 12.5. The number of halogens is 1. The van der Waals surface area contributed by atoms with E-state index in [9.17, 15) is 4.79 Å². The Balaban J connectivity index is 1.90. The average Bonchev–Trinajstić information content (AvgIpc) is 2.67. The zero-order valence-corrected chi connectivity index (χ0v) is 17.2. The van der Waals surface area contributed by atoms with E-state index in [0.29, 0.717) is 11.6 Å². The van der Waals surface area contributed by atoms with Crippen molar-refractivity contribution in [1.29, 1.82) is 0 Å². The number of hydrogen-bond acceptors (Lipinski definition) is 3. The fourth-order valence-electron chi connectivity index (χ4n) is 2.72. The van der Waals surface area contributed by atoms with Gasteiger partial charge < -0.3 is 10.2 Å². The summed E-state index contributed by atoms with van der Waals surface area (Å²) < 4.78 is 0. The van der Waals surface area contributed by atoms with Gasteiger partial charge in [0.2, 0.25) is 5.91 Å². The summed E-state index contributed by atoms with van der Waals surface area (Å²) in [4.78, 5) is 15.9. The van der Waals surface area contributed by atoms with Gasteiger partial charge in [0.1, 0.15) is 0 Å². The highest BCUT2D eigenvalue weighted by Crippen LogP contribution is 2.27. The molecule has 0 saturated heterocycles. The summed E-state index contributed by atoms with van der Waals surface area (Å²) in [6.07, 6.45) is 0.778. The highest BCUT2D eigenvalue weighted by Gasteiger charge is 2.17. The van der Waals surface area contributed by atoms with Crippen molar-refractivity contribution < 1.29 is 4.79 Å². The van der Waals surface area contributed by atoms with Crippen molar-refractivity contribution in [3.8, 4) is 0 Å². The lowest BCUT2D eigenvalue weighted by atomic mass is 10.2. The maximum atomic E-state index is 12.5. The van der Waals surface area contributed by atoms with E-state index in [1.807, 2.05) is 31.2 Å². The second-order valence-corrected chi connectivity index (χ2v) is 7.74. The molecule has 0 bridgehead atoms. The Morgan fingerprint density at radius 2 is 1.65 bits per heavy atom.